The average molecular weight is 269 g/mol. The number of hydrogen-bond acceptors (Lipinski definition) is 3. The number of aromatic nitrogens is 2. The molecule has 0 spiro atoms. The first-order chi connectivity index (χ1) is 9.79. The highest BCUT2D eigenvalue weighted by Crippen LogP contribution is 2.24. The van der Waals surface area contributed by atoms with Gasteiger partial charge in [-0.3, -0.25) is 0 Å². The predicted molar refractivity (Wildman–Crippen MR) is 80.7 cm³/mol. The van der Waals surface area contributed by atoms with Gasteiger partial charge < -0.3 is 14.3 Å². The van der Waals surface area contributed by atoms with Crippen LogP contribution in [0, 0.1) is 0 Å². The van der Waals surface area contributed by atoms with E-state index in [2.05, 4.69) is 33.1 Å². The van der Waals surface area contributed by atoms with Crippen molar-refractivity contribution in [2.45, 2.75) is 12.8 Å². The molecule has 0 saturated heterocycles. The molecule has 4 nitrogen and oxygen atoms in total. The van der Waals surface area contributed by atoms with Gasteiger partial charge in [0.05, 0.1) is 17.3 Å². The molecule has 0 radical (unpaired) electrons. The van der Waals surface area contributed by atoms with Crippen LogP contribution in [0.25, 0.3) is 22.6 Å². The number of nitrogens with one attached hydrogen (secondary N) is 1. The van der Waals surface area contributed by atoms with E-state index in [1.54, 1.807) is 6.26 Å². The Morgan fingerprint density at radius 2 is 2.20 bits per heavy atom. The minimum atomic E-state index is 0.806. The molecule has 0 bridgehead atoms. The molecule has 0 unspecified atom stereocenters. The van der Waals surface area contributed by atoms with Crippen LogP contribution in [-0.2, 0) is 13.5 Å². The number of hydrogen-bond donors (Lipinski definition) is 1. The lowest BCUT2D eigenvalue weighted by Crippen LogP contribution is -2.08. The van der Waals surface area contributed by atoms with E-state index in [0.717, 1.165) is 42.0 Å². The van der Waals surface area contributed by atoms with Crippen LogP contribution in [0.4, 0.5) is 0 Å². The van der Waals surface area contributed by atoms with E-state index in [-0.39, 0.29) is 0 Å². The topological polar surface area (TPSA) is 43.0 Å². The van der Waals surface area contributed by atoms with Crippen LogP contribution in [0.15, 0.2) is 41.0 Å². The third-order valence-corrected chi connectivity index (χ3v) is 3.58. The van der Waals surface area contributed by atoms with E-state index in [1.165, 1.54) is 5.56 Å². The lowest BCUT2D eigenvalue weighted by atomic mass is 10.1. The molecule has 1 aromatic carbocycles. The summed E-state index contributed by atoms with van der Waals surface area (Å²) in [4.78, 5) is 4.65. The SMILES string of the molecule is CNCCCc1ccc2nc(-c3ccco3)n(C)c2c1. The van der Waals surface area contributed by atoms with E-state index < -0.39 is 0 Å². The van der Waals surface area contributed by atoms with Gasteiger partial charge in [0.15, 0.2) is 11.6 Å². The average Bonchev–Trinajstić information content (AvgIpc) is 3.08. The molecule has 20 heavy (non-hydrogen) atoms. The smallest absolute Gasteiger partial charge is 0.176 e. The molecule has 3 aromatic rings. The van der Waals surface area contributed by atoms with Gasteiger partial charge in [-0.1, -0.05) is 6.07 Å². The molecule has 0 atom stereocenters. The molecule has 1 N–H and O–H groups in total. The van der Waals surface area contributed by atoms with Crippen LogP contribution in [0.5, 0.6) is 0 Å². The van der Waals surface area contributed by atoms with Crippen molar-refractivity contribution in [3.63, 3.8) is 0 Å². The highest BCUT2D eigenvalue weighted by atomic mass is 16.3. The standard InChI is InChI=1S/C16H19N3O/c1-17-9-3-5-12-7-8-13-14(11-12)19(2)16(18-13)15-6-4-10-20-15/h4,6-8,10-11,17H,3,5,9H2,1-2H3. The Morgan fingerprint density at radius 3 is 2.95 bits per heavy atom. The Labute approximate surface area is 118 Å². The third kappa shape index (κ3) is 2.34. The van der Waals surface area contributed by atoms with Crippen molar-refractivity contribution in [3.8, 4) is 11.6 Å². The minimum Gasteiger partial charge on any atom is -0.461 e. The van der Waals surface area contributed by atoms with Crippen LogP contribution in [0.2, 0.25) is 0 Å². The van der Waals surface area contributed by atoms with E-state index >= 15 is 0 Å². The van der Waals surface area contributed by atoms with E-state index in [1.807, 2.05) is 26.2 Å². The highest BCUT2D eigenvalue weighted by Gasteiger charge is 2.12. The Hall–Kier alpha value is -2.07. The molecule has 0 amide bonds. The van der Waals surface area contributed by atoms with Gasteiger partial charge in [0.2, 0.25) is 0 Å². The Balaban J connectivity index is 1.96. The fourth-order valence-electron chi connectivity index (χ4n) is 2.49. The van der Waals surface area contributed by atoms with Crippen LogP contribution in [-0.4, -0.2) is 23.1 Å². The predicted octanol–water partition coefficient (Wildman–Crippen LogP) is 2.99. The molecule has 104 valence electrons. The van der Waals surface area contributed by atoms with Crippen LogP contribution >= 0.6 is 0 Å². The van der Waals surface area contributed by atoms with Gasteiger partial charge in [-0.05, 0) is 56.3 Å². The van der Waals surface area contributed by atoms with Gasteiger partial charge in [-0.15, -0.1) is 0 Å². The summed E-state index contributed by atoms with van der Waals surface area (Å²) >= 11 is 0. The normalized spacial score (nSPS) is 11.3. The molecule has 0 aliphatic carbocycles. The zero-order valence-corrected chi connectivity index (χ0v) is 11.9. The summed E-state index contributed by atoms with van der Waals surface area (Å²) in [5.41, 5.74) is 3.51. The number of imidazole rings is 1. The van der Waals surface area contributed by atoms with Crippen molar-refractivity contribution in [3.05, 3.63) is 42.2 Å². The number of benzene rings is 1. The van der Waals surface area contributed by atoms with Gasteiger partial charge in [0, 0.05) is 7.05 Å². The van der Waals surface area contributed by atoms with Crippen molar-refractivity contribution in [2.75, 3.05) is 13.6 Å². The maximum Gasteiger partial charge on any atom is 0.176 e. The third-order valence-electron chi connectivity index (χ3n) is 3.58. The zero-order valence-electron chi connectivity index (χ0n) is 11.9. The van der Waals surface area contributed by atoms with E-state index in [0.29, 0.717) is 0 Å². The fourth-order valence-corrected chi connectivity index (χ4v) is 2.49. The molecule has 2 heterocycles. The summed E-state index contributed by atoms with van der Waals surface area (Å²) in [6, 6.07) is 10.3. The minimum absolute atomic E-state index is 0.806. The van der Waals surface area contributed by atoms with Crippen molar-refractivity contribution >= 4 is 11.0 Å². The number of furan rings is 1. The summed E-state index contributed by atoms with van der Waals surface area (Å²) in [6.45, 7) is 1.04. The maximum absolute atomic E-state index is 5.45. The van der Waals surface area contributed by atoms with Gasteiger partial charge in [-0.2, -0.15) is 0 Å². The lowest BCUT2D eigenvalue weighted by molar-refractivity contribution is 0.574. The monoisotopic (exact) mass is 269 g/mol. The van der Waals surface area contributed by atoms with Crippen LogP contribution in [0.1, 0.15) is 12.0 Å². The van der Waals surface area contributed by atoms with Crippen LogP contribution in [0.3, 0.4) is 0 Å². The number of aryl methyl sites for hydroxylation is 2. The second kappa shape index (κ2) is 5.51. The molecular weight excluding hydrogens is 250 g/mol. The summed E-state index contributed by atoms with van der Waals surface area (Å²) in [7, 11) is 4.02. The van der Waals surface area contributed by atoms with Crippen molar-refractivity contribution in [1.82, 2.24) is 14.9 Å². The molecule has 2 aromatic heterocycles. The van der Waals surface area contributed by atoms with Gasteiger partial charge in [0.1, 0.15) is 0 Å². The fraction of sp³-hybridized carbons (Fsp3) is 0.312. The van der Waals surface area contributed by atoms with Crippen molar-refractivity contribution < 1.29 is 4.42 Å². The van der Waals surface area contributed by atoms with Crippen LogP contribution < -0.4 is 5.32 Å². The summed E-state index contributed by atoms with van der Waals surface area (Å²) < 4.78 is 7.54. The molecule has 0 aliphatic heterocycles. The molecule has 0 aliphatic rings. The van der Waals surface area contributed by atoms with Crippen molar-refractivity contribution in [2.24, 2.45) is 7.05 Å². The summed E-state index contributed by atoms with van der Waals surface area (Å²) in [5, 5.41) is 3.18. The first-order valence-electron chi connectivity index (χ1n) is 6.93. The van der Waals surface area contributed by atoms with E-state index in [4.69, 9.17) is 4.42 Å². The zero-order chi connectivity index (χ0) is 13.9. The summed E-state index contributed by atoms with van der Waals surface area (Å²) in [6.07, 6.45) is 3.90. The van der Waals surface area contributed by atoms with E-state index in [9.17, 15) is 0 Å². The maximum atomic E-state index is 5.45. The Bertz CT molecular complexity index is 698. The molecule has 0 fully saturated rings. The molecule has 0 saturated carbocycles. The van der Waals surface area contributed by atoms with Crippen molar-refractivity contribution in [1.29, 1.82) is 0 Å². The largest absolute Gasteiger partial charge is 0.461 e. The van der Waals surface area contributed by atoms with Gasteiger partial charge >= 0.3 is 0 Å². The number of nitrogens with zero attached hydrogens (tertiary/aromatic N) is 2. The number of fused-ring (bicyclic) bond motifs is 1. The van der Waals surface area contributed by atoms with Gasteiger partial charge in [0.25, 0.3) is 0 Å². The second-order valence-corrected chi connectivity index (χ2v) is 5.00. The highest BCUT2D eigenvalue weighted by molar-refractivity contribution is 5.80. The summed E-state index contributed by atoms with van der Waals surface area (Å²) in [5.74, 6) is 1.68. The quantitative estimate of drug-likeness (QED) is 0.724. The first-order valence-corrected chi connectivity index (χ1v) is 6.93. The molecular formula is C16H19N3O. The Kier molecular flexibility index (Phi) is 3.56. The second-order valence-electron chi connectivity index (χ2n) is 5.00. The molecule has 4 heteroatoms. The number of rotatable bonds is 5. The molecule has 3 rings (SSSR count). The van der Waals surface area contributed by atoms with Gasteiger partial charge in [-0.25, -0.2) is 4.98 Å². The first kappa shape index (κ1) is 12.9. The Morgan fingerprint density at radius 1 is 1.30 bits per heavy atom. The lowest BCUT2D eigenvalue weighted by Gasteiger charge is -2.03.